The Morgan fingerprint density at radius 1 is 1.27 bits per heavy atom. The topological polar surface area (TPSA) is 34.1 Å². The Morgan fingerprint density at radius 2 is 1.80 bits per heavy atom. The van der Waals surface area contributed by atoms with Crippen molar-refractivity contribution in [2.45, 2.75) is 51.7 Å². The van der Waals surface area contributed by atoms with Gasteiger partial charge in [0.2, 0.25) is 0 Å². The average Bonchev–Trinajstić information content (AvgIpc) is 2.68. The van der Waals surface area contributed by atoms with E-state index in [1.165, 1.54) is 12.8 Å². The minimum absolute atomic E-state index is 0.135. The van der Waals surface area contributed by atoms with Crippen LogP contribution in [0.2, 0.25) is 0 Å². The number of hydrogen-bond acceptors (Lipinski definition) is 2. The van der Waals surface area contributed by atoms with Gasteiger partial charge in [-0.1, -0.05) is 33.6 Å². The second-order valence-corrected chi connectivity index (χ2v) is 6.72. The number of rotatable bonds is 5. The molecule has 0 bridgehead atoms. The fourth-order valence-electron chi connectivity index (χ4n) is 1.94. The highest BCUT2D eigenvalue weighted by atomic mass is 32.2. The molecule has 0 saturated heterocycles. The highest BCUT2D eigenvalue weighted by molar-refractivity contribution is 7.86. The summed E-state index contributed by atoms with van der Waals surface area (Å²) < 4.78 is 11.8. The van der Waals surface area contributed by atoms with Gasteiger partial charge in [0, 0.05) is 22.0 Å². The standard InChI is InChI=1S/C12H22O2S/c1-9(2)10(3)15(14)8-12(13)11-6-4-5-7-11/h9-11H,4-8H2,1-3H3. The molecule has 1 fully saturated rings. The monoisotopic (exact) mass is 230 g/mol. The van der Waals surface area contributed by atoms with E-state index < -0.39 is 10.8 Å². The van der Waals surface area contributed by atoms with E-state index in [4.69, 9.17) is 0 Å². The van der Waals surface area contributed by atoms with Crippen LogP contribution in [0.4, 0.5) is 0 Å². The SMILES string of the molecule is CC(C)C(C)S(=O)CC(=O)C1CCCC1. The minimum atomic E-state index is -0.971. The molecule has 2 nitrogen and oxygen atoms in total. The van der Waals surface area contributed by atoms with Crippen LogP contribution in [0, 0.1) is 11.8 Å². The zero-order valence-corrected chi connectivity index (χ0v) is 10.8. The van der Waals surface area contributed by atoms with Crippen LogP contribution in [0.25, 0.3) is 0 Å². The number of carbonyl (C=O) groups excluding carboxylic acids is 1. The molecule has 15 heavy (non-hydrogen) atoms. The maximum Gasteiger partial charge on any atom is 0.148 e. The predicted molar refractivity (Wildman–Crippen MR) is 64.3 cm³/mol. The Labute approximate surface area is 95.3 Å². The van der Waals surface area contributed by atoms with Crippen LogP contribution in [-0.4, -0.2) is 21.0 Å². The van der Waals surface area contributed by atoms with Gasteiger partial charge in [-0.2, -0.15) is 0 Å². The predicted octanol–water partition coefficient (Wildman–Crippen LogP) is 2.54. The van der Waals surface area contributed by atoms with Crippen LogP contribution in [0.3, 0.4) is 0 Å². The number of carbonyl (C=O) groups is 1. The molecule has 0 aliphatic heterocycles. The summed E-state index contributed by atoms with van der Waals surface area (Å²) in [5.41, 5.74) is 0. The average molecular weight is 230 g/mol. The summed E-state index contributed by atoms with van der Waals surface area (Å²) >= 11 is 0. The number of ketones is 1. The number of Topliss-reactive ketones (excluding diaryl/α,β-unsaturated/α-hetero) is 1. The van der Waals surface area contributed by atoms with Gasteiger partial charge < -0.3 is 0 Å². The normalized spacial score (nSPS) is 21.9. The lowest BCUT2D eigenvalue weighted by atomic mass is 10.0. The molecule has 2 atom stereocenters. The van der Waals surface area contributed by atoms with Gasteiger partial charge in [0.05, 0.1) is 5.75 Å². The Morgan fingerprint density at radius 3 is 2.27 bits per heavy atom. The molecular weight excluding hydrogens is 208 g/mol. The summed E-state index contributed by atoms with van der Waals surface area (Å²) in [5, 5.41) is 0.135. The minimum Gasteiger partial charge on any atom is -0.298 e. The maximum atomic E-state index is 11.8. The Bertz CT molecular complexity index is 230. The van der Waals surface area contributed by atoms with Gasteiger partial charge in [0.1, 0.15) is 5.78 Å². The molecule has 1 saturated carbocycles. The molecule has 0 heterocycles. The van der Waals surface area contributed by atoms with Crippen molar-refractivity contribution >= 4 is 16.6 Å². The third-order valence-electron chi connectivity index (χ3n) is 3.45. The molecule has 0 aromatic carbocycles. The van der Waals surface area contributed by atoms with Gasteiger partial charge in [-0.15, -0.1) is 0 Å². The highest BCUT2D eigenvalue weighted by Crippen LogP contribution is 2.26. The fourth-order valence-corrected chi connectivity index (χ4v) is 3.33. The third kappa shape index (κ3) is 3.71. The molecule has 0 spiro atoms. The van der Waals surface area contributed by atoms with Crippen molar-refractivity contribution in [3.05, 3.63) is 0 Å². The molecule has 0 amide bonds. The van der Waals surface area contributed by atoms with E-state index in [1.807, 2.05) is 6.92 Å². The first-order chi connectivity index (χ1) is 7.02. The molecule has 0 aromatic rings. The van der Waals surface area contributed by atoms with Crippen molar-refractivity contribution < 1.29 is 9.00 Å². The fraction of sp³-hybridized carbons (Fsp3) is 0.917. The van der Waals surface area contributed by atoms with Crippen molar-refractivity contribution in [2.24, 2.45) is 11.8 Å². The van der Waals surface area contributed by atoms with Crippen molar-refractivity contribution in [3.8, 4) is 0 Å². The van der Waals surface area contributed by atoms with Gasteiger partial charge in [-0.05, 0) is 18.8 Å². The molecule has 3 heteroatoms. The summed E-state index contributed by atoms with van der Waals surface area (Å²) in [5.74, 6) is 1.12. The van der Waals surface area contributed by atoms with E-state index in [0.717, 1.165) is 12.8 Å². The summed E-state index contributed by atoms with van der Waals surface area (Å²) in [6.45, 7) is 6.09. The molecular formula is C12H22O2S. The molecule has 0 N–H and O–H groups in total. The lowest BCUT2D eigenvalue weighted by Crippen LogP contribution is -2.26. The Hall–Kier alpha value is -0.180. The van der Waals surface area contributed by atoms with E-state index in [9.17, 15) is 9.00 Å². The van der Waals surface area contributed by atoms with E-state index >= 15 is 0 Å². The van der Waals surface area contributed by atoms with Crippen LogP contribution in [0.1, 0.15) is 46.5 Å². The van der Waals surface area contributed by atoms with E-state index in [-0.39, 0.29) is 22.7 Å². The molecule has 1 aliphatic rings. The summed E-state index contributed by atoms with van der Waals surface area (Å²) in [7, 11) is -0.971. The van der Waals surface area contributed by atoms with Gasteiger partial charge in [0.15, 0.2) is 0 Å². The Kier molecular flexibility index (Phi) is 4.97. The number of hydrogen-bond donors (Lipinski definition) is 0. The quantitative estimate of drug-likeness (QED) is 0.727. The van der Waals surface area contributed by atoms with Crippen LogP contribution in [0.5, 0.6) is 0 Å². The maximum absolute atomic E-state index is 11.8. The van der Waals surface area contributed by atoms with Crippen LogP contribution >= 0.6 is 0 Å². The van der Waals surface area contributed by atoms with Crippen LogP contribution < -0.4 is 0 Å². The van der Waals surface area contributed by atoms with Crippen molar-refractivity contribution in [1.29, 1.82) is 0 Å². The van der Waals surface area contributed by atoms with Crippen molar-refractivity contribution in [3.63, 3.8) is 0 Å². The molecule has 1 rings (SSSR count). The highest BCUT2D eigenvalue weighted by Gasteiger charge is 2.26. The lowest BCUT2D eigenvalue weighted by molar-refractivity contribution is -0.120. The van der Waals surface area contributed by atoms with Crippen LogP contribution in [0.15, 0.2) is 0 Å². The summed E-state index contributed by atoms with van der Waals surface area (Å²) in [6, 6.07) is 0. The molecule has 1 aliphatic carbocycles. The largest absolute Gasteiger partial charge is 0.298 e. The van der Waals surface area contributed by atoms with E-state index in [1.54, 1.807) is 0 Å². The smallest absolute Gasteiger partial charge is 0.148 e. The molecule has 2 unspecified atom stereocenters. The van der Waals surface area contributed by atoms with Crippen LogP contribution in [-0.2, 0) is 15.6 Å². The van der Waals surface area contributed by atoms with Gasteiger partial charge >= 0.3 is 0 Å². The Balaban J connectivity index is 2.40. The molecule has 0 radical (unpaired) electrons. The van der Waals surface area contributed by atoms with Crippen molar-refractivity contribution in [2.75, 3.05) is 5.75 Å². The van der Waals surface area contributed by atoms with Gasteiger partial charge in [-0.3, -0.25) is 9.00 Å². The van der Waals surface area contributed by atoms with Gasteiger partial charge in [0.25, 0.3) is 0 Å². The molecule has 0 aromatic heterocycles. The first-order valence-electron chi connectivity index (χ1n) is 5.92. The van der Waals surface area contributed by atoms with Crippen molar-refractivity contribution in [1.82, 2.24) is 0 Å². The first-order valence-corrected chi connectivity index (χ1v) is 7.30. The second-order valence-electron chi connectivity index (χ2n) is 4.92. The third-order valence-corrected chi connectivity index (χ3v) is 5.39. The molecule has 88 valence electrons. The lowest BCUT2D eigenvalue weighted by Gasteiger charge is -2.15. The summed E-state index contributed by atoms with van der Waals surface area (Å²) in [6.07, 6.45) is 4.38. The zero-order valence-electron chi connectivity index (χ0n) is 9.99. The summed E-state index contributed by atoms with van der Waals surface area (Å²) in [4.78, 5) is 11.8. The van der Waals surface area contributed by atoms with E-state index in [2.05, 4.69) is 13.8 Å². The first kappa shape index (κ1) is 12.9. The zero-order chi connectivity index (χ0) is 11.4. The van der Waals surface area contributed by atoms with E-state index in [0.29, 0.717) is 5.92 Å². The van der Waals surface area contributed by atoms with Gasteiger partial charge in [-0.25, -0.2) is 0 Å². The second kappa shape index (κ2) is 5.78.